The first-order valence-electron chi connectivity index (χ1n) is 4.90. The van der Waals surface area contributed by atoms with Crippen molar-refractivity contribution in [2.45, 2.75) is 0 Å². The molecule has 0 bridgehead atoms. The number of esters is 1. The Kier molecular flexibility index (Phi) is 4.59. The Morgan fingerprint density at radius 3 is 2.71 bits per heavy atom. The highest BCUT2D eigenvalue weighted by Gasteiger charge is 2.14. The van der Waals surface area contributed by atoms with E-state index in [0.717, 1.165) is 12.1 Å². The van der Waals surface area contributed by atoms with Crippen LogP contribution in [0.4, 0.5) is 10.1 Å². The molecule has 1 aromatic carbocycles. The summed E-state index contributed by atoms with van der Waals surface area (Å²) >= 11 is 0. The van der Waals surface area contributed by atoms with E-state index in [-0.39, 0.29) is 23.7 Å². The third-order valence-electron chi connectivity index (χ3n) is 2.00. The van der Waals surface area contributed by atoms with Crippen LogP contribution < -0.4 is 10.6 Å². The molecule has 0 saturated heterocycles. The van der Waals surface area contributed by atoms with Crippen molar-refractivity contribution in [3.63, 3.8) is 0 Å². The van der Waals surface area contributed by atoms with Crippen LogP contribution in [0.25, 0.3) is 0 Å². The predicted molar refractivity (Wildman–Crippen MR) is 60.3 cm³/mol. The van der Waals surface area contributed by atoms with E-state index in [2.05, 4.69) is 15.4 Å². The van der Waals surface area contributed by atoms with E-state index in [4.69, 9.17) is 0 Å². The minimum Gasteiger partial charge on any atom is -0.465 e. The number of benzene rings is 1. The molecule has 0 aliphatic rings. The third kappa shape index (κ3) is 3.53. The number of hydrogen-bond donors (Lipinski definition) is 2. The van der Waals surface area contributed by atoms with Crippen LogP contribution in [0, 0.1) is 5.82 Å². The van der Waals surface area contributed by atoms with Gasteiger partial charge in [-0.2, -0.15) is 0 Å². The zero-order chi connectivity index (χ0) is 12.8. The standard InChI is InChI=1S/C11H13FN2O3/c1-13-6-10(15)14-9-4-3-7(12)5-8(9)11(16)17-2/h3-5,13H,6H2,1-2H3,(H,14,15). The van der Waals surface area contributed by atoms with Crippen molar-refractivity contribution in [1.29, 1.82) is 0 Å². The lowest BCUT2D eigenvalue weighted by Gasteiger charge is -2.09. The van der Waals surface area contributed by atoms with Crippen LogP contribution in [0.3, 0.4) is 0 Å². The van der Waals surface area contributed by atoms with Crippen LogP contribution in [0.2, 0.25) is 0 Å². The molecule has 0 aliphatic carbocycles. The number of likely N-dealkylation sites (N-methyl/N-ethyl adjacent to an activating group) is 1. The number of hydrogen-bond acceptors (Lipinski definition) is 4. The van der Waals surface area contributed by atoms with Gasteiger partial charge in [0.1, 0.15) is 5.82 Å². The van der Waals surface area contributed by atoms with Gasteiger partial charge in [0.05, 0.1) is 24.9 Å². The van der Waals surface area contributed by atoms with Crippen LogP contribution in [-0.4, -0.2) is 32.6 Å². The van der Waals surface area contributed by atoms with Gasteiger partial charge in [-0.3, -0.25) is 4.79 Å². The number of carbonyl (C=O) groups is 2. The van der Waals surface area contributed by atoms with Gasteiger partial charge >= 0.3 is 5.97 Å². The molecule has 1 aromatic rings. The first kappa shape index (κ1) is 13.1. The molecule has 5 nitrogen and oxygen atoms in total. The first-order valence-corrected chi connectivity index (χ1v) is 4.90. The van der Waals surface area contributed by atoms with Crippen LogP contribution in [0.1, 0.15) is 10.4 Å². The zero-order valence-corrected chi connectivity index (χ0v) is 9.54. The van der Waals surface area contributed by atoms with Gasteiger partial charge in [0.15, 0.2) is 0 Å². The molecule has 92 valence electrons. The minimum atomic E-state index is -0.704. The summed E-state index contributed by atoms with van der Waals surface area (Å²) in [6.45, 7) is 0.0952. The molecule has 0 radical (unpaired) electrons. The summed E-state index contributed by atoms with van der Waals surface area (Å²) in [5.41, 5.74) is 0.204. The quantitative estimate of drug-likeness (QED) is 0.763. The Bertz CT molecular complexity index is 435. The van der Waals surface area contributed by atoms with E-state index in [1.165, 1.54) is 13.2 Å². The lowest BCUT2D eigenvalue weighted by Crippen LogP contribution is -2.26. The number of nitrogens with one attached hydrogen (secondary N) is 2. The number of amides is 1. The molecule has 0 unspecified atom stereocenters. The topological polar surface area (TPSA) is 67.4 Å². The van der Waals surface area contributed by atoms with Gasteiger partial charge in [-0.05, 0) is 25.2 Å². The fourth-order valence-electron chi connectivity index (χ4n) is 1.26. The first-order chi connectivity index (χ1) is 8.08. The van der Waals surface area contributed by atoms with Crippen LogP contribution in [0.5, 0.6) is 0 Å². The average Bonchev–Trinajstić information content (AvgIpc) is 2.30. The maximum absolute atomic E-state index is 13.0. The number of carbonyl (C=O) groups excluding carboxylic acids is 2. The van der Waals surface area contributed by atoms with Gasteiger partial charge in [0.25, 0.3) is 0 Å². The van der Waals surface area contributed by atoms with Crippen molar-refractivity contribution in [3.8, 4) is 0 Å². The molecular formula is C11H13FN2O3. The molecule has 17 heavy (non-hydrogen) atoms. The molecule has 2 N–H and O–H groups in total. The number of ether oxygens (including phenoxy) is 1. The fourth-order valence-corrected chi connectivity index (χ4v) is 1.26. The molecule has 0 saturated carbocycles. The molecule has 0 atom stereocenters. The Hall–Kier alpha value is -1.95. The van der Waals surface area contributed by atoms with Crippen molar-refractivity contribution in [2.24, 2.45) is 0 Å². The van der Waals surface area contributed by atoms with Gasteiger partial charge in [-0.1, -0.05) is 0 Å². The summed E-state index contributed by atoms with van der Waals surface area (Å²) in [6, 6.07) is 3.48. The second-order valence-electron chi connectivity index (χ2n) is 3.26. The second kappa shape index (κ2) is 5.95. The van der Waals surface area contributed by atoms with E-state index in [0.29, 0.717) is 0 Å². The minimum absolute atomic E-state index is 0.0167. The van der Waals surface area contributed by atoms with Gasteiger partial charge in [0, 0.05) is 0 Å². The normalized spacial score (nSPS) is 9.82. The third-order valence-corrected chi connectivity index (χ3v) is 2.00. The maximum atomic E-state index is 13.0. The molecule has 0 aromatic heterocycles. The summed E-state index contributed by atoms with van der Waals surface area (Å²) in [4.78, 5) is 22.7. The molecule has 1 rings (SSSR count). The van der Waals surface area contributed by atoms with Gasteiger partial charge in [-0.25, -0.2) is 9.18 Å². The molecule has 1 amide bonds. The maximum Gasteiger partial charge on any atom is 0.340 e. The Labute approximate surface area is 98.0 Å². The van der Waals surface area contributed by atoms with E-state index in [9.17, 15) is 14.0 Å². The number of anilines is 1. The lowest BCUT2D eigenvalue weighted by molar-refractivity contribution is -0.115. The van der Waals surface area contributed by atoms with E-state index in [1.807, 2.05) is 0 Å². The Morgan fingerprint density at radius 2 is 2.12 bits per heavy atom. The molecule has 0 spiro atoms. The predicted octanol–water partition coefficient (Wildman–Crippen LogP) is 0.770. The Balaban J connectivity index is 2.98. The number of methoxy groups -OCH3 is 1. The zero-order valence-electron chi connectivity index (χ0n) is 9.54. The SMILES string of the molecule is CNCC(=O)Nc1ccc(F)cc1C(=O)OC. The van der Waals surface area contributed by atoms with Crippen LogP contribution in [0.15, 0.2) is 18.2 Å². The highest BCUT2D eigenvalue weighted by atomic mass is 19.1. The lowest BCUT2D eigenvalue weighted by atomic mass is 10.1. The average molecular weight is 240 g/mol. The second-order valence-corrected chi connectivity index (χ2v) is 3.26. The molecule has 6 heteroatoms. The summed E-state index contributed by atoms with van der Waals surface area (Å²) < 4.78 is 17.5. The molecular weight excluding hydrogens is 227 g/mol. The summed E-state index contributed by atoms with van der Waals surface area (Å²) in [6.07, 6.45) is 0. The summed E-state index contributed by atoms with van der Waals surface area (Å²) in [5, 5.41) is 5.14. The Morgan fingerprint density at radius 1 is 1.41 bits per heavy atom. The molecule has 0 aliphatic heterocycles. The monoisotopic (exact) mass is 240 g/mol. The van der Waals surface area contributed by atoms with E-state index in [1.54, 1.807) is 7.05 Å². The van der Waals surface area contributed by atoms with Gasteiger partial charge in [0.2, 0.25) is 5.91 Å². The smallest absolute Gasteiger partial charge is 0.340 e. The van der Waals surface area contributed by atoms with E-state index >= 15 is 0 Å². The largest absolute Gasteiger partial charge is 0.465 e. The van der Waals surface area contributed by atoms with Gasteiger partial charge in [-0.15, -0.1) is 0 Å². The summed E-state index contributed by atoms with van der Waals surface area (Å²) in [7, 11) is 2.80. The van der Waals surface area contributed by atoms with Crippen LogP contribution >= 0.6 is 0 Å². The number of rotatable bonds is 4. The van der Waals surface area contributed by atoms with Crippen molar-refractivity contribution in [2.75, 3.05) is 26.0 Å². The highest BCUT2D eigenvalue weighted by molar-refractivity contribution is 6.01. The van der Waals surface area contributed by atoms with Crippen molar-refractivity contribution >= 4 is 17.6 Å². The number of halogens is 1. The highest BCUT2D eigenvalue weighted by Crippen LogP contribution is 2.17. The van der Waals surface area contributed by atoms with Crippen molar-refractivity contribution in [3.05, 3.63) is 29.6 Å². The fraction of sp³-hybridized carbons (Fsp3) is 0.273. The van der Waals surface area contributed by atoms with Crippen LogP contribution in [-0.2, 0) is 9.53 Å². The molecule has 0 heterocycles. The van der Waals surface area contributed by atoms with Gasteiger partial charge < -0.3 is 15.4 Å². The summed E-state index contributed by atoms with van der Waals surface area (Å²) in [5.74, 6) is -1.61. The van der Waals surface area contributed by atoms with Crippen molar-refractivity contribution < 1.29 is 18.7 Å². The molecule has 0 fully saturated rings. The van der Waals surface area contributed by atoms with E-state index < -0.39 is 11.8 Å². The van der Waals surface area contributed by atoms with Crippen molar-refractivity contribution in [1.82, 2.24) is 5.32 Å².